The molecule has 178 valence electrons. The quantitative estimate of drug-likeness (QED) is 0.266. The van der Waals surface area contributed by atoms with Crippen LogP contribution in [0.4, 0.5) is 34.5 Å². The highest BCUT2D eigenvalue weighted by atomic mass is 16.5. The van der Waals surface area contributed by atoms with Crippen LogP contribution in [0, 0.1) is 0 Å². The molecule has 4 aromatic rings. The molecule has 0 bridgehead atoms. The minimum atomic E-state index is -0.264. The number of amides is 1. The molecule has 9 heteroatoms. The first-order chi connectivity index (χ1) is 17.1. The Morgan fingerprint density at radius 1 is 1.14 bits per heavy atom. The highest BCUT2D eigenvalue weighted by molar-refractivity contribution is 5.99. The molecule has 4 N–H and O–H groups in total. The van der Waals surface area contributed by atoms with Crippen LogP contribution < -0.4 is 20.9 Å². The highest BCUT2D eigenvalue weighted by Crippen LogP contribution is 2.32. The summed E-state index contributed by atoms with van der Waals surface area (Å²) in [5, 5.41) is 10.3. The van der Waals surface area contributed by atoms with E-state index in [1.54, 1.807) is 7.11 Å². The van der Waals surface area contributed by atoms with E-state index >= 15 is 0 Å². The number of methoxy groups -OCH3 is 1. The molecule has 5 rings (SSSR count). The summed E-state index contributed by atoms with van der Waals surface area (Å²) in [6, 6.07) is 15.7. The van der Waals surface area contributed by atoms with Gasteiger partial charge in [0.25, 0.3) is 0 Å². The third-order valence-electron chi connectivity index (χ3n) is 5.89. The number of aromatic amines is 1. The summed E-state index contributed by atoms with van der Waals surface area (Å²) in [6.45, 7) is 6.08. The van der Waals surface area contributed by atoms with Gasteiger partial charge < -0.3 is 30.6 Å². The number of hydrogen-bond donors (Lipinski definition) is 4. The first-order valence-corrected chi connectivity index (χ1v) is 11.4. The van der Waals surface area contributed by atoms with Crippen LogP contribution in [0.1, 0.15) is 5.56 Å². The Balaban J connectivity index is 1.38. The zero-order chi connectivity index (χ0) is 24.2. The zero-order valence-electron chi connectivity index (χ0n) is 19.5. The summed E-state index contributed by atoms with van der Waals surface area (Å²) in [5.74, 6) is 0.866. The van der Waals surface area contributed by atoms with E-state index in [0.717, 1.165) is 36.3 Å². The molecule has 3 heterocycles. The normalized spacial score (nSPS) is 12.4. The molecular formula is C26H27N7O2. The van der Waals surface area contributed by atoms with Crippen molar-refractivity contribution >= 4 is 51.5 Å². The van der Waals surface area contributed by atoms with E-state index < -0.39 is 0 Å². The number of anilines is 6. The number of carbonyl (C=O) groups excluding carboxylic acids is 1. The smallest absolute Gasteiger partial charge is 0.247 e. The van der Waals surface area contributed by atoms with Gasteiger partial charge in [-0.1, -0.05) is 12.6 Å². The fourth-order valence-electron chi connectivity index (χ4n) is 4.21. The van der Waals surface area contributed by atoms with Gasteiger partial charge in [0.1, 0.15) is 11.5 Å². The van der Waals surface area contributed by atoms with E-state index in [0.29, 0.717) is 29.7 Å². The number of benzene rings is 2. The lowest BCUT2D eigenvalue weighted by molar-refractivity contribution is -0.111. The molecule has 0 saturated heterocycles. The molecule has 1 amide bonds. The van der Waals surface area contributed by atoms with Gasteiger partial charge in [-0.05, 0) is 60.5 Å². The third kappa shape index (κ3) is 4.95. The summed E-state index contributed by atoms with van der Waals surface area (Å²) in [7, 11) is 1.73. The van der Waals surface area contributed by atoms with Crippen molar-refractivity contribution in [3.63, 3.8) is 0 Å². The second kappa shape index (κ2) is 9.86. The average molecular weight is 470 g/mol. The molecule has 0 fully saturated rings. The lowest BCUT2D eigenvalue weighted by atomic mass is 10.1. The fourth-order valence-corrected chi connectivity index (χ4v) is 4.21. The van der Waals surface area contributed by atoms with E-state index in [1.165, 1.54) is 17.3 Å². The van der Waals surface area contributed by atoms with Crippen LogP contribution in [0.3, 0.4) is 0 Å². The van der Waals surface area contributed by atoms with Crippen LogP contribution in [-0.4, -0.2) is 47.7 Å². The van der Waals surface area contributed by atoms with Gasteiger partial charge in [0, 0.05) is 49.1 Å². The number of nitrogens with one attached hydrogen (secondary N) is 4. The van der Waals surface area contributed by atoms with Crippen LogP contribution >= 0.6 is 0 Å². The van der Waals surface area contributed by atoms with Crippen molar-refractivity contribution in [2.75, 3.05) is 47.7 Å². The van der Waals surface area contributed by atoms with Crippen LogP contribution in [0.5, 0.6) is 0 Å². The predicted octanol–water partition coefficient (Wildman–Crippen LogP) is 4.58. The molecule has 35 heavy (non-hydrogen) atoms. The Kier molecular flexibility index (Phi) is 6.32. The maximum atomic E-state index is 11.7. The lowest BCUT2D eigenvalue weighted by Crippen LogP contribution is -2.24. The molecule has 1 aliphatic heterocycles. The van der Waals surface area contributed by atoms with Crippen LogP contribution in [-0.2, 0) is 16.0 Å². The van der Waals surface area contributed by atoms with Crippen LogP contribution in [0.2, 0.25) is 0 Å². The van der Waals surface area contributed by atoms with Gasteiger partial charge in [0.05, 0.1) is 12.0 Å². The van der Waals surface area contributed by atoms with Crippen LogP contribution in [0.15, 0.2) is 67.4 Å². The first kappa shape index (κ1) is 22.4. The number of ether oxygens (including phenoxy) is 1. The second-order valence-electron chi connectivity index (χ2n) is 8.23. The molecule has 0 spiro atoms. The Morgan fingerprint density at radius 3 is 2.86 bits per heavy atom. The Bertz CT molecular complexity index is 1380. The molecule has 2 aromatic heterocycles. The van der Waals surface area contributed by atoms with Crippen molar-refractivity contribution in [2.24, 2.45) is 0 Å². The van der Waals surface area contributed by atoms with Crippen molar-refractivity contribution in [1.82, 2.24) is 15.0 Å². The summed E-state index contributed by atoms with van der Waals surface area (Å²) >= 11 is 0. The Morgan fingerprint density at radius 2 is 2.00 bits per heavy atom. The van der Waals surface area contributed by atoms with Gasteiger partial charge in [-0.15, -0.1) is 0 Å². The monoisotopic (exact) mass is 469 g/mol. The van der Waals surface area contributed by atoms with Crippen molar-refractivity contribution in [2.45, 2.75) is 6.42 Å². The maximum Gasteiger partial charge on any atom is 0.247 e. The van der Waals surface area contributed by atoms with Crippen molar-refractivity contribution in [1.29, 1.82) is 0 Å². The van der Waals surface area contributed by atoms with Gasteiger partial charge >= 0.3 is 0 Å². The number of nitrogens with zero attached hydrogens (tertiary/aromatic N) is 3. The lowest BCUT2D eigenvalue weighted by Gasteiger charge is -2.19. The van der Waals surface area contributed by atoms with Gasteiger partial charge in [-0.2, -0.15) is 9.97 Å². The summed E-state index contributed by atoms with van der Waals surface area (Å²) in [5.41, 5.74) is 5.64. The molecule has 1 aliphatic rings. The number of carbonyl (C=O) groups is 1. The van der Waals surface area contributed by atoms with Gasteiger partial charge in [0.15, 0.2) is 0 Å². The molecule has 0 radical (unpaired) electrons. The van der Waals surface area contributed by atoms with Crippen LogP contribution in [0.25, 0.3) is 11.0 Å². The topological polar surface area (TPSA) is 107 Å². The number of fused-ring (bicyclic) bond motifs is 2. The highest BCUT2D eigenvalue weighted by Gasteiger charge is 2.19. The van der Waals surface area contributed by atoms with E-state index in [-0.39, 0.29) is 5.91 Å². The number of rotatable bonds is 9. The van der Waals surface area contributed by atoms with Crippen molar-refractivity contribution in [3.05, 3.63) is 72.9 Å². The second-order valence-corrected chi connectivity index (χ2v) is 8.23. The predicted molar refractivity (Wildman–Crippen MR) is 140 cm³/mol. The van der Waals surface area contributed by atoms with E-state index in [2.05, 4.69) is 49.5 Å². The average Bonchev–Trinajstić information content (AvgIpc) is 3.50. The first-order valence-electron chi connectivity index (χ1n) is 11.4. The molecule has 0 aliphatic carbocycles. The molecular weight excluding hydrogens is 442 g/mol. The maximum absolute atomic E-state index is 11.7. The fraction of sp³-hybridized carbons (Fsp3) is 0.192. The third-order valence-corrected chi connectivity index (χ3v) is 5.89. The van der Waals surface area contributed by atoms with Gasteiger partial charge in [-0.3, -0.25) is 4.79 Å². The molecule has 0 saturated carbocycles. The molecule has 0 unspecified atom stereocenters. The van der Waals surface area contributed by atoms with Crippen molar-refractivity contribution in [3.8, 4) is 0 Å². The van der Waals surface area contributed by atoms with Gasteiger partial charge in [-0.25, -0.2) is 0 Å². The largest absolute Gasteiger partial charge is 0.383 e. The van der Waals surface area contributed by atoms with Gasteiger partial charge in [0.2, 0.25) is 11.9 Å². The van der Waals surface area contributed by atoms with Crippen molar-refractivity contribution < 1.29 is 9.53 Å². The Hall–Kier alpha value is -4.37. The summed E-state index contributed by atoms with van der Waals surface area (Å²) in [4.78, 5) is 26.5. The number of aromatic nitrogens is 3. The summed E-state index contributed by atoms with van der Waals surface area (Å²) < 4.78 is 5.23. The van der Waals surface area contributed by atoms with E-state index in [1.807, 2.05) is 42.6 Å². The van der Waals surface area contributed by atoms with E-state index in [4.69, 9.17) is 9.72 Å². The minimum absolute atomic E-state index is 0.264. The Labute approximate surface area is 203 Å². The molecule has 0 atom stereocenters. The molecule has 2 aromatic carbocycles. The summed E-state index contributed by atoms with van der Waals surface area (Å²) in [6.07, 6.45) is 4.07. The number of H-pyrrole nitrogens is 1. The van der Waals surface area contributed by atoms with E-state index in [9.17, 15) is 4.79 Å². The molecule has 9 nitrogen and oxygen atoms in total. The minimum Gasteiger partial charge on any atom is -0.383 e. The standard InChI is InChI=1S/C26H27N7O2/c1-3-23(34)28-18-5-4-6-19(16-18)29-25-21-9-11-27-24(21)31-26(32-25)30-20-7-8-22-17(15-20)10-12-33(22)13-14-35-2/h3-9,11,15-16H,1,10,12-14H2,2H3,(H,28,34)(H3,27,29,30,31,32). The zero-order valence-corrected chi connectivity index (χ0v) is 19.5. The SMILES string of the molecule is C=CC(=O)Nc1cccc(Nc2nc(Nc3ccc4c(c3)CCN4CCOC)nc3[nH]ccc23)c1. The number of hydrogen-bond acceptors (Lipinski definition) is 7.